The highest BCUT2D eigenvalue weighted by atomic mass is 16.1. The zero-order valence-corrected chi connectivity index (χ0v) is 15.0. The van der Waals surface area contributed by atoms with Crippen molar-refractivity contribution in [2.45, 2.75) is 20.8 Å². The molecule has 0 saturated heterocycles. The molecule has 0 aliphatic carbocycles. The summed E-state index contributed by atoms with van der Waals surface area (Å²) in [6, 6.07) is 20.0. The van der Waals surface area contributed by atoms with Crippen molar-refractivity contribution in [3.05, 3.63) is 71.8 Å². The normalized spacial score (nSPS) is 10.7. The van der Waals surface area contributed by atoms with Gasteiger partial charge in [0, 0.05) is 30.0 Å². The number of rotatable bonds is 5. The third-order valence-corrected chi connectivity index (χ3v) is 4.60. The first-order valence-corrected chi connectivity index (χ1v) is 8.78. The Labute approximate surface area is 149 Å². The molecule has 3 aromatic carbocycles. The molecule has 25 heavy (non-hydrogen) atoms. The first-order chi connectivity index (χ1) is 12.1. The quantitative estimate of drug-likeness (QED) is 0.692. The molecule has 3 nitrogen and oxygen atoms in total. The van der Waals surface area contributed by atoms with Crippen LogP contribution in [-0.4, -0.2) is 19.0 Å². The van der Waals surface area contributed by atoms with Crippen LogP contribution in [0.3, 0.4) is 0 Å². The average molecular weight is 332 g/mol. The highest BCUT2D eigenvalue weighted by Crippen LogP contribution is 2.24. The lowest BCUT2D eigenvalue weighted by Crippen LogP contribution is -2.22. The summed E-state index contributed by atoms with van der Waals surface area (Å²) in [6.45, 7) is 8.27. The minimum atomic E-state index is -0.0792. The van der Waals surface area contributed by atoms with E-state index in [1.54, 1.807) is 0 Å². The predicted octanol–water partition coefficient (Wildman–Crippen LogP) is 5.25. The van der Waals surface area contributed by atoms with Crippen molar-refractivity contribution in [3.8, 4) is 0 Å². The summed E-state index contributed by atoms with van der Waals surface area (Å²) in [6.07, 6.45) is 0. The summed E-state index contributed by atoms with van der Waals surface area (Å²) in [5, 5.41) is 5.25. The zero-order chi connectivity index (χ0) is 17.8. The standard InChI is InChI=1S/C22H24N2O/c1-4-24(5-2)20-12-13-21(16(3)14-20)23-22(25)19-11-10-17-8-6-7-9-18(17)15-19/h6-15H,4-5H2,1-3H3,(H,23,25). The van der Waals surface area contributed by atoms with Gasteiger partial charge >= 0.3 is 0 Å². The van der Waals surface area contributed by atoms with Gasteiger partial charge in [-0.3, -0.25) is 4.79 Å². The van der Waals surface area contributed by atoms with Gasteiger partial charge in [0.15, 0.2) is 0 Å². The molecule has 0 bridgehead atoms. The predicted molar refractivity (Wildman–Crippen MR) is 107 cm³/mol. The number of nitrogens with zero attached hydrogens (tertiary/aromatic N) is 1. The lowest BCUT2D eigenvalue weighted by atomic mass is 10.1. The molecule has 0 fully saturated rings. The molecule has 0 unspecified atom stereocenters. The van der Waals surface area contributed by atoms with Gasteiger partial charge in [0.25, 0.3) is 5.91 Å². The van der Waals surface area contributed by atoms with E-state index >= 15 is 0 Å². The van der Waals surface area contributed by atoms with Crippen molar-refractivity contribution >= 4 is 28.1 Å². The Morgan fingerprint density at radius 2 is 1.64 bits per heavy atom. The average Bonchev–Trinajstić information content (AvgIpc) is 2.64. The zero-order valence-electron chi connectivity index (χ0n) is 15.0. The van der Waals surface area contributed by atoms with Crippen LogP contribution in [0.15, 0.2) is 60.7 Å². The fourth-order valence-corrected chi connectivity index (χ4v) is 3.10. The van der Waals surface area contributed by atoms with Gasteiger partial charge in [0.2, 0.25) is 0 Å². The summed E-state index contributed by atoms with van der Waals surface area (Å²) >= 11 is 0. The molecular weight excluding hydrogens is 308 g/mol. The Balaban J connectivity index is 1.82. The highest BCUT2D eigenvalue weighted by molar-refractivity contribution is 6.06. The Kier molecular flexibility index (Phi) is 5.03. The first-order valence-electron chi connectivity index (χ1n) is 8.78. The molecule has 0 aromatic heterocycles. The van der Waals surface area contributed by atoms with Crippen LogP contribution >= 0.6 is 0 Å². The Morgan fingerprint density at radius 1 is 0.920 bits per heavy atom. The van der Waals surface area contributed by atoms with E-state index < -0.39 is 0 Å². The van der Waals surface area contributed by atoms with Crippen LogP contribution in [0.4, 0.5) is 11.4 Å². The minimum absolute atomic E-state index is 0.0792. The van der Waals surface area contributed by atoms with Crippen LogP contribution in [-0.2, 0) is 0 Å². The number of carbonyl (C=O) groups excluding carboxylic acids is 1. The molecule has 1 amide bonds. The fraction of sp³-hybridized carbons (Fsp3) is 0.227. The van der Waals surface area contributed by atoms with Crippen LogP contribution < -0.4 is 10.2 Å². The van der Waals surface area contributed by atoms with Crippen molar-refractivity contribution < 1.29 is 4.79 Å². The van der Waals surface area contributed by atoms with E-state index in [0.29, 0.717) is 5.56 Å². The molecule has 1 N–H and O–H groups in total. The minimum Gasteiger partial charge on any atom is -0.372 e. The number of benzene rings is 3. The van der Waals surface area contributed by atoms with E-state index in [-0.39, 0.29) is 5.91 Å². The van der Waals surface area contributed by atoms with Crippen LogP contribution in [0.1, 0.15) is 29.8 Å². The summed E-state index contributed by atoms with van der Waals surface area (Å²) < 4.78 is 0. The van der Waals surface area contributed by atoms with Gasteiger partial charge in [0.1, 0.15) is 0 Å². The van der Waals surface area contributed by atoms with Crippen molar-refractivity contribution in [2.24, 2.45) is 0 Å². The molecule has 0 spiro atoms. The highest BCUT2D eigenvalue weighted by Gasteiger charge is 2.10. The third kappa shape index (κ3) is 3.66. The van der Waals surface area contributed by atoms with Crippen molar-refractivity contribution in [3.63, 3.8) is 0 Å². The van der Waals surface area contributed by atoms with Gasteiger partial charge in [-0.2, -0.15) is 0 Å². The lowest BCUT2D eigenvalue weighted by molar-refractivity contribution is 0.102. The number of aryl methyl sites for hydroxylation is 1. The molecule has 0 aliphatic heterocycles. The Morgan fingerprint density at radius 3 is 2.32 bits per heavy atom. The number of fused-ring (bicyclic) bond motifs is 1. The second kappa shape index (κ2) is 7.39. The summed E-state index contributed by atoms with van der Waals surface area (Å²) in [5.74, 6) is -0.0792. The maximum absolute atomic E-state index is 12.6. The van der Waals surface area contributed by atoms with Crippen LogP contribution in [0.25, 0.3) is 10.8 Å². The first kappa shape index (κ1) is 17.0. The Hall–Kier alpha value is -2.81. The maximum Gasteiger partial charge on any atom is 0.255 e. The molecule has 0 heterocycles. The van der Waals surface area contributed by atoms with Gasteiger partial charge in [0.05, 0.1) is 0 Å². The molecule has 0 saturated carbocycles. The van der Waals surface area contributed by atoms with Crippen LogP contribution in [0.2, 0.25) is 0 Å². The van der Waals surface area contributed by atoms with E-state index in [4.69, 9.17) is 0 Å². The van der Waals surface area contributed by atoms with E-state index in [1.165, 1.54) is 5.69 Å². The molecule has 3 aromatic rings. The van der Waals surface area contributed by atoms with Crippen molar-refractivity contribution in [2.75, 3.05) is 23.3 Å². The van der Waals surface area contributed by atoms with Gasteiger partial charge in [-0.05, 0) is 67.4 Å². The number of hydrogen-bond acceptors (Lipinski definition) is 2. The van der Waals surface area contributed by atoms with E-state index in [9.17, 15) is 4.79 Å². The van der Waals surface area contributed by atoms with Gasteiger partial charge in [-0.25, -0.2) is 0 Å². The van der Waals surface area contributed by atoms with E-state index in [1.807, 2.05) is 55.5 Å². The molecule has 0 aliphatic rings. The molecular formula is C22H24N2O. The van der Waals surface area contributed by atoms with Crippen molar-refractivity contribution in [1.29, 1.82) is 0 Å². The number of hydrogen-bond donors (Lipinski definition) is 1. The molecule has 3 rings (SSSR count). The maximum atomic E-state index is 12.6. The molecule has 0 atom stereocenters. The van der Waals surface area contributed by atoms with Crippen molar-refractivity contribution in [1.82, 2.24) is 0 Å². The summed E-state index contributed by atoms with van der Waals surface area (Å²) in [5.41, 5.74) is 3.78. The summed E-state index contributed by atoms with van der Waals surface area (Å²) in [4.78, 5) is 14.9. The van der Waals surface area contributed by atoms with E-state index in [2.05, 4.69) is 36.2 Å². The van der Waals surface area contributed by atoms with Gasteiger partial charge in [-0.1, -0.05) is 30.3 Å². The van der Waals surface area contributed by atoms with E-state index in [0.717, 1.165) is 35.1 Å². The second-order valence-electron chi connectivity index (χ2n) is 6.19. The molecule has 3 heteroatoms. The smallest absolute Gasteiger partial charge is 0.255 e. The third-order valence-electron chi connectivity index (χ3n) is 4.60. The van der Waals surface area contributed by atoms with Gasteiger partial charge < -0.3 is 10.2 Å². The summed E-state index contributed by atoms with van der Waals surface area (Å²) in [7, 11) is 0. The molecule has 128 valence electrons. The number of nitrogens with one attached hydrogen (secondary N) is 1. The number of anilines is 2. The number of amides is 1. The van der Waals surface area contributed by atoms with Crippen LogP contribution in [0, 0.1) is 6.92 Å². The second-order valence-corrected chi connectivity index (χ2v) is 6.19. The lowest BCUT2D eigenvalue weighted by Gasteiger charge is -2.22. The van der Waals surface area contributed by atoms with Crippen LogP contribution in [0.5, 0.6) is 0 Å². The monoisotopic (exact) mass is 332 g/mol. The fourth-order valence-electron chi connectivity index (χ4n) is 3.10. The number of carbonyl (C=O) groups is 1. The SMILES string of the molecule is CCN(CC)c1ccc(NC(=O)c2ccc3ccccc3c2)c(C)c1. The Bertz CT molecular complexity index is 897. The topological polar surface area (TPSA) is 32.3 Å². The largest absolute Gasteiger partial charge is 0.372 e. The van der Waals surface area contributed by atoms with Gasteiger partial charge in [-0.15, -0.1) is 0 Å². The molecule has 0 radical (unpaired) electrons.